The lowest BCUT2D eigenvalue weighted by atomic mass is 10.3. The second-order valence-corrected chi connectivity index (χ2v) is 7.09. The minimum absolute atomic E-state index is 0.0588. The summed E-state index contributed by atoms with van der Waals surface area (Å²) < 4.78 is 7.26. The number of hydrogen-bond donors (Lipinski definition) is 1. The molecule has 0 atom stereocenters. The lowest BCUT2D eigenvalue weighted by molar-refractivity contribution is -0.113. The first-order chi connectivity index (χ1) is 11.6. The second kappa shape index (κ2) is 7.25. The topological polar surface area (TPSA) is 69.0 Å². The minimum Gasteiger partial charge on any atom is -0.497 e. The molecular weight excluding hydrogens is 324 g/mol. The highest BCUT2D eigenvalue weighted by molar-refractivity contribution is 7.99. The Balaban J connectivity index is 1.59. The van der Waals surface area contributed by atoms with Crippen molar-refractivity contribution in [3.63, 3.8) is 0 Å². The largest absolute Gasteiger partial charge is 0.497 e. The number of nitrogens with zero attached hydrogens (tertiary/aromatic N) is 3. The summed E-state index contributed by atoms with van der Waals surface area (Å²) in [5.74, 6) is 2.61. The summed E-state index contributed by atoms with van der Waals surface area (Å²) >= 11 is 1.43. The Bertz CT molecular complexity index is 708. The monoisotopic (exact) mass is 346 g/mol. The van der Waals surface area contributed by atoms with E-state index in [0.29, 0.717) is 17.7 Å². The van der Waals surface area contributed by atoms with Crippen LogP contribution in [0.2, 0.25) is 0 Å². The molecule has 1 aromatic heterocycles. The van der Waals surface area contributed by atoms with E-state index in [-0.39, 0.29) is 5.91 Å². The number of rotatable bonds is 7. The van der Waals surface area contributed by atoms with E-state index in [2.05, 4.69) is 33.9 Å². The maximum Gasteiger partial charge on any atom is 0.234 e. The number of amides is 1. The number of anilines is 1. The number of hydrogen-bond acceptors (Lipinski definition) is 5. The van der Waals surface area contributed by atoms with Crippen LogP contribution in [0.5, 0.6) is 5.75 Å². The normalized spacial score (nSPS) is 14.0. The second-order valence-electron chi connectivity index (χ2n) is 6.14. The van der Waals surface area contributed by atoms with Crippen molar-refractivity contribution in [1.82, 2.24) is 14.8 Å². The number of ether oxygens (including phenoxy) is 1. The minimum atomic E-state index is -0.0588. The molecule has 1 heterocycles. The van der Waals surface area contributed by atoms with E-state index in [9.17, 15) is 4.79 Å². The number of nitrogens with one attached hydrogen (secondary N) is 1. The molecule has 0 aliphatic heterocycles. The number of methoxy groups -OCH3 is 1. The number of aromatic nitrogens is 3. The summed E-state index contributed by atoms with van der Waals surface area (Å²) in [5, 5.41) is 12.3. The zero-order valence-electron chi connectivity index (χ0n) is 14.2. The molecule has 7 heteroatoms. The van der Waals surface area contributed by atoms with Gasteiger partial charge < -0.3 is 14.6 Å². The summed E-state index contributed by atoms with van der Waals surface area (Å²) in [6, 6.07) is 7.58. The van der Waals surface area contributed by atoms with Crippen molar-refractivity contribution in [3.05, 3.63) is 30.1 Å². The summed E-state index contributed by atoms with van der Waals surface area (Å²) in [5.41, 5.74) is 0.755. The van der Waals surface area contributed by atoms with Crippen LogP contribution in [0.1, 0.15) is 44.5 Å². The fraction of sp³-hybridized carbons (Fsp3) is 0.471. The first-order valence-electron chi connectivity index (χ1n) is 8.10. The van der Waals surface area contributed by atoms with Crippen LogP contribution in [0, 0.1) is 0 Å². The van der Waals surface area contributed by atoms with Gasteiger partial charge in [0.1, 0.15) is 11.6 Å². The average molecular weight is 346 g/mol. The molecule has 1 amide bonds. The molecule has 0 radical (unpaired) electrons. The Hall–Kier alpha value is -2.02. The van der Waals surface area contributed by atoms with Gasteiger partial charge in [-0.1, -0.05) is 11.8 Å². The lowest BCUT2D eigenvalue weighted by Gasteiger charge is -2.13. The van der Waals surface area contributed by atoms with Crippen LogP contribution in [-0.4, -0.2) is 33.5 Å². The Morgan fingerprint density at radius 3 is 2.62 bits per heavy atom. The van der Waals surface area contributed by atoms with Gasteiger partial charge in [0.15, 0.2) is 5.16 Å². The Morgan fingerprint density at radius 2 is 2.04 bits per heavy atom. The number of carbonyl (C=O) groups is 1. The molecule has 1 N–H and O–H groups in total. The molecule has 0 spiro atoms. The van der Waals surface area contributed by atoms with Crippen molar-refractivity contribution in [1.29, 1.82) is 0 Å². The van der Waals surface area contributed by atoms with Crippen molar-refractivity contribution in [2.75, 3.05) is 18.2 Å². The van der Waals surface area contributed by atoms with Gasteiger partial charge in [-0.2, -0.15) is 0 Å². The predicted molar refractivity (Wildman–Crippen MR) is 94.7 cm³/mol. The summed E-state index contributed by atoms with van der Waals surface area (Å²) in [6.45, 7) is 4.24. The molecule has 1 aliphatic rings. The smallest absolute Gasteiger partial charge is 0.234 e. The van der Waals surface area contributed by atoms with Gasteiger partial charge in [-0.05, 0) is 51.0 Å². The molecule has 3 rings (SSSR count). The van der Waals surface area contributed by atoms with Crippen LogP contribution >= 0.6 is 11.8 Å². The zero-order valence-corrected chi connectivity index (χ0v) is 15.0. The Labute approximate surface area is 146 Å². The van der Waals surface area contributed by atoms with Crippen LogP contribution in [0.4, 0.5) is 5.69 Å². The fourth-order valence-electron chi connectivity index (χ4n) is 2.49. The van der Waals surface area contributed by atoms with Crippen LogP contribution in [0.15, 0.2) is 29.4 Å². The molecule has 0 bridgehead atoms. The van der Waals surface area contributed by atoms with Gasteiger partial charge in [0, 0.05) is 17.6 Å². The maximum absolute atomic E-state index is 12.2. The quantitative estimate of drug-likeness (QED) is 0.777. The summed E-state index contributed by atoms with van der Waals surface area (Å²) in [6.07, 6.45) is 2.38. The van der Waals surface area contributed by atoms with E-state index in [1.165, 1.54) is 24.6 Å². The van der Waals surface area contributed by atoms with Gasteiger partial charge in [-0.15, -0.1) is 10.2 Å². The molecule has 128 valence electrons. The standard InChI is InChI=1S/C17H22N4O2S/c1-11(2)21-16(12-4-5-12)19-20-17(21)24-10-15(22)18-13-6-8-14(23-3)9-7-13/h6-9,11-12H,4-5,10H2,1-3H3,(H,18,22). The SMILES string of the molecule is COc1ccc(NC(=O)CSc2nnc(C3CC3)n2C(C)C)cc1. The number of carbonyl (C=O) groups excluding carboxylic acids is 1. The van der Waals surface area contributed by atoms with Crippen molar-refractivity contribution in [2.45, 2.75) is 43.8 Å². The van der Waals surface area contributed by atoms with Crippen molar-refractivity contribution < 1.29 is 9.53 Å². The highest BCUT2D eigenvalue weighted by Crippen LogP contribution is 2.41. The summed E-state index contributed by atoms with van der Waals surface area (Å²) in [7, 11) is 1.62. The molecule has 1 saturated carbocycles. The van der Waals surface area contributed by atoms with Gasteiger partial charge in [-0.25, -0.2) is 0 Å². The maximum atomic E-state index is 12.2. The molecule has 1 aromatic carbocycles. The van der Waals surface area contributed by atoms with Gasteiger partial charge in [0.2, 0.25) is 5.91 Å². The molecule has 6 nitrogen and oxygen atoms in total. The molecular formula is C17H22N4O2S. The molecule has 1 fully saturated rings. The Kier molecular flexibility index (Phi) is 5.08. The number of benzene rings is 1. The van der Waals surface area contributed by atoms with E-state index in [1.807, 2.05) is 24.3 Å². The summed E-state index contributed by atoms with van der Waals surface area (Å²) in [4.78, 5) is 12.2. The van der Waals surface area contributed by atoms with Crippen molar-refractivity contribution in [2.24, 2.45) is 0 Å². The first kappa shape index (κ1) is 16.8. The van der Waals surface area contributed by atoms with Gasteiger partial charge in [0.05, 0.1) is 12.9 Å². The molecule has 2 aromatic rings. The fourth-order valence-corrected chi connectivity index (χ4v) is 3.37. The van der Waals surface area contributed by atoms with E-state index in [4.69, 9.17) is 4.74 Å². The third-order valence-corrected chi connectivity index (χ3v) is 4.80. The van der Waals surface area contributed by atoms with Crippen LogP contribution in [0.3, 0.4) is 0 Å². The molecule has 0 unspecified atom stereocenters. The molecule has 0 saturated heterocycles. The van der Waals surface area contributed by atoms with E-state index in [1.54, 1.807) is 7.11 Å². The Morgan fingerprint density at radius 1 is 1.33 bits per heavy atom. The van der Waals surface area contributed by atoms with Crippen molar-refractivity contribution in [3.8, 4) is 5.75 Å². The lowest BCUT2D eigenvalue weighted by Crippen LogP contribution is -2.15. The zero-order chi connectivity index (χ0) is 17.1. The predicted octanol–water partition coefficient (Wildman–Crippen LogP) is 3.48. The third-order valence-electron chi connectivity index (χ3n) is 3.86. The molecule has 1 aliphatic carbocycles. The van der Waals surface area contributed by atoms with E-state index in [0.717, 1.165) is 22.4 Å². The van der Waals surface area contributed by atoms with Crippen LogP contribution < -0.4 is 10.1 Å². The first-order valence-corrected chi connectivity index (χ1v) is 9.08. The van der Waals surface area contributed by atoms with Crippen molar-refractivity contribution >= 4 is 23.4 Å². The highest BCUT2D eigenvalue weighted by atomic mass is 32.2. The average Bonchev–Trinajstić information content (AvgIpc) is 3.33. The van der Waals surface area contributed by atoms with E-state index >= 15 is 0 Å². The molecule has 24 heavy (non-hydrogen) atoms. The number of thioether (sulfide) groups is 1. The van der Waals surface area contributed by atoms with Crippen LogP contribution in [-0.2, 0) is 4.79 Å². The van der Waals surface area contributed by atoms with Gasteiger partial charge >= 0.3 is 0 Å². The van der Waals surface area contributed by atoms with E-state index < -0.39 is 0 Å². The van der Waals surface area contributed by atoms with Gasteiger partial charge in [0.25, 0.3) is 0 Å². The van der Waals surface area contributed by atoms with Gasteiger partial charge in [-0.3, -0.25) is 4.79 Å². The third kappa shape index (κ3) is 3.90. The highest BCUT2D eigenvalue weighted by Gasteiger charge is 2.31. The van der Waals surface area contributed by atoms with Crippen LogP contribution in [0.25, 0.3) is 0 Å².